The molecule has 0 saturated carbocycles. The summed E-state index contributed by atoms with van der Waals surface area (Å²) in [4.78, 5) is 125. The van der Waals surface area contributed by atoms with Crippen molar-refractivity contribution in [2.75, 3.05) is 117 Å². The second-order valence-electron chi connectivity index (χ2n) is 38.1. The normalized spacial score (nSPS) is 11.6. The molecule has 0 radical (unpaired) electrons. The molecule has 0 spiro atoms. The van der Waals surface area contributed by atoms with Gasteiger partial charge in [0.1, 0.15) is 79.4 Å². The number of thiocyanates is 1. The van der Waals surface area contributed by atoms with E-state index in [9.17, 15) is 74.0 Å². The van der Waals surface area contributed by atoms with Crippen LogP contribution in [-0.4, -0.2) is 174 Å². The Kier molecular flexibility index (Phi) is 46.4. The predicted molar refractivity (Wildman–Crippen MR) is 590 cm³/mol. The average Bonchev–Trinajstić information content (AvgIpc) is 1.64. The number of anilines is 7. The van der Waals surface area contributed by atoms with Crippen molar-refractivity contribution in [3.05, 3.63) is 223 Å². The van der Waals surface area contributed by atoms with Gasteiger partial charge in [-0.3, -0.25) is 78.7 Å². The lowest BCUT2D eigenvalue weighted by atomic mass is 10.1. The zero-order valence-electron chi connectivity index (χ0n) is 87.1. The number of fused-ring (bicyclic) bond motifs is 3. The molecule has 23 N–H and O–H groups in total. The Morgan fingerprint density at radius 2 is 0.752 bits per heavy atom. The van der Waals surface area contributed by atoms with Crippen LogP contribution >= 0.6 is 35.8 Å². The van der Waals surface area contributed by atoms with Gasteiger partial charge in [0.2, 0.25) is 17.7 Å². The van der Waals surface area contributed by atoms with Gasteiger partial charge in [-0.2, -0.15) is 10.4 Å². The fourth-order valence-corrected chi connectivity index (χ4v) is 17.2. The van der Waals surface area contributed by atoms with Crippen molar-refractivity contribution in [2.24, 2.45) is 40.1 Å². The second-order valence-corrected chi connectivity index (χ2v) is 53.7. The van der Waals surface area contributed by atoms with Crippen molar-refractivity contribution in [1.29, 1.82) is 5.26 Å². The van der Waals surface area contributed by atoms with Gasteiger partial charge in [0, 0.05) is 143 Å². The summed E-state index contributed by atoms with van der Waals surface area (Å²) >= 11 is 6.62. The van der Waals surface area contributed by atoms with Crippen molar-refractivity contribution in [1.82, 2.24) is 9.78 Å². The number of hydrogen-bond acceptors (Lipinski definition) is 35. The number of halogens is 2. The Morgan fingerprint density at radius 3 is 1.10 bits per heavy atom. The maximum atomic E-state index is 11.9. The van der Waals surface area contributed by atoms with Gasteiger partial charge in [-0.25, -0.2) is 0 Å². The first-order valence-electron chi connectivity index (χ1n) is 46.6. The third kappa shape index (κ3) is 35.0. The van der Waals surface area contributed by atoms with E-state index in [4.69, 9.17) is 109 Å². The molecular weight excluding hydrogens is 2040 g/mol. The first-order valence-corrected chi connectivity index (χ1v) is 56.6. The number of primary amides is 6. The lowest BCUT2D eigenvalue weighted by Gasteiger charge is -2.36. The number of carbonyl (C=O) groups is 7. The molecule has 0 atom stereocenters. The molecule has 10 rings (SSSR count). The number of nitriles is 1. The number of aromatic nitrogens is 2. The van der Waals surface area contributed by atoms with Crippen molar-refractivity contribution in [3.8, 4) is 22.6 Å². The van der Waals surface area contributed by atoms with E-state index in [1.165, 1.54) is 24.3 Å². The number of nitrogens with one attached hydrogen (secondary N) is 5. The fraction of sp³-hybridized carbons (Fsp3) is 0.398. The minimum absolute atomic E-state index is 0. The van der Waals surface area contributed by atoms with Crippen LogP contribution in [0, 0.1) is 78.8 Å². The quantitative estimate of drug-likeness (QED) is 0.00320. The van der Waals surface area contributed by atoms with Gasteiger partial charge in [-0.1, -0.05) is 110 Å². The molecule has 4 aromatic heterocycles. The largest absolute Gasteiger partial charge is 0.492 e. The number of aryl methyl sites for hydroxylation is 5. The summed E-state index contributed by atoms with van der Waals surface area (Å²) < 4.78 is 54.1. The van der Waals surface area contributed by atoms with Gasteiger partial charge >= 0.3 is 0 Å². The first-order chi connectivity index (χ1) is 69.1. The van der Waals surface area contributed by atoms with E-state index < -0.39 is 91.5 Å². The molecule has 6 aromatic carbocycles. The summed E-state index contributed by atoms with van der Waals surface area (Å²) in [6.07, 6.45) is 12.4. The fourth-order valence-electron chi connectivity index (χ4n) is 13.3. The van der Waals surface area contributed by atoms with Crippen LogP contribution < -0.4 is 92.4 Å². The molecule has 0 fully saturated rings. The first kappa shape index (κ1) is 125. The Hall–Kier alpha value is -14.6. The number of hydrogen-bond donors (Lipinski definition) is 14. The van der Waals surface area contributed by atoms with Crippen LogP contribution in [0.15, 0.2) is 129 Å². The van der Waals surface area contributed by atoms with E-state index in [1.54, 1.807) is 79.4 Å². The number of nitro groups is 4. The van der Waals surface area contributed by atoms with Crippen LogP contribution in [-0.2, 0) is 19.8 Å². The van der Waals surface area contributed by atoms with Gasteiger partial charge in [-0.05, 0) is 144 Å². The van der Waals surface area contributed by atoms with Crippen molar-refractivity contribution >= 4 is 197 Å². The SMILES string of the molecule is CC(C)(C)[Si](C)(C)OCCCOc1cc(C(N)=O)cc([N+](=O)[O-])c1Cl.CCn1nc(C)cc1C(=O)SC#N.Cc1cc2c(NC/C=C/CN)c([N+](=O)[O-])cc(C(N)=O)c2o1.Cc1cc2c(NC/C=C/CNc3c(N)cc(C(N)=O)cc3OCCCO[Si](C)(C)C(C)(C)C)c(N)cc(C(N)=O)c2o1.Cc1cc2c(NC/C=C/CNc3c(OCCCO[Si](C)(C)C(C)(C)C)cc(C(N)=O)cc3[N+](=O)[O-])c([N+](=O)[O-])cc(C(N)=O)c2o1.Cl. The van der Waals surface area contributed by atoms with Gasteiger partial charge < -0.3 is 119 Å². The maximum Gasteiger partial charge on any atom is 0.296 e. The van der Waals surface area contributed by atoms with Gasteiger partial charge in [-0.15, -0.1) is 12.4 Å². The molecule has 0 bridgehead atoms. The highest BCUT2D eigenvalue weighted by atomic mass is 35.5. The molecule has 10 aromatic rings. The van der Waals surface area contributed by atoms with Crippen LogP contribution in [0.1, 0.15) is 184 Å². The summed E-state index contributed by atoms with van der Waals surface area (Å²) in [5, 5.41) is 77.0. The Balaban J connectivity index is 0.000000346. The van der Waals surface area contributed by atoms with E-state index in [-0.39, 0.29) is 148 Å². The monoisotopic (exact) mass is 2180 g/mol. The maximum absolute atomic E-state index is 11.9. The molecule has 45 nitrogen and oxygen atoms in total. The molecule has 51 heteroatoms. The number of furan rings is 3. The third-order valence-corrected chi connectivity index (χ3v) is 38.5. The molecule has 808 valence electrons. The Bertz CT molecular complexity index is 6670. The molecule has 0 aliphatic rings. The zero-order chi connectivity index (χ0) is 111. The van der Waals surface area contributed by atoms with E-state index >= 15 is 0 Å². The molecule has 0 aliphatic heterocycles. The minimum Gasteiger partial charge on any atom is -0.492 e. The number of rotatable bonds is 46. The van der Waals surface area contributed by atoms with Crippen LogP contribution in [0.4, 0.5) is 62.6 Å². The highest BCUT2D eigenvalue weighted by Crippen LogP contribution is 2.45. The van der Waals surface area contributed by atoms with Crippen LogP contribution in [0.25, 0.3) is 32.9 Å². The second kappa shape index (κ2) is 55.4. The Labute approximate surface area is 880 Å². The predicted octanol–water partition coefficient (Wildman–Crippen LogP) is 18.4. The summed E-state index contributed by atoms with van der Waals surface area (Å²) in [6, 6.07) is 18.3. The number of amides is 6. The minimum atomic E-state index is -1.96. The lowest BCUT2D eigenvalue weighted by Crippen LogP contribution is -2.41. The van der Waals surface area contributed by atoms with Crippen LogP contribution in [0.2, 0.25) is 59.4 Å². The van der Waals surface area contributed by atoms with Crippen LogP contribution in [0.5, 0.6) is 17.2 Å². The lowest BCUT2D eigenvalue weighted by molar-refractivity contribution is -0.384. The number of nitrogens with zero attached hydrogens (tertiary/aromatic N) is 7. The van der Waals surface area contributed by atoms with Gasteiger partial charge in [0.05, 0.1) is 89.7 Å². The molecule has 6 amide bonds. The number of nitrogens with two attached hydrogens (primary N) is 9. The van der Waals surface area contributed by atoms with Crippen LogP contribution in [0.3, 0.4) is 0 Å². The number of benzene rings is 6. The van der Waals surface area contributed by atoms with E-state index in [2.05, 4.69) is 133 Å². The number of carbonyl (C=O) groups excluding carboxylic acids is 7. The van der Waals surface area contributed by atoms with E-state index in [0.29, 0.717) is 163 Å². The molecule has 0 aliphatic carbocycles. The molecule has 149 heavy (non-hydrogen) atoms. The molecular formula is C98H135Cl2N21O24SSi3. The third-order valence-electron chi connectivity index (χ3n) is 24.1. The van der Waals surface area contributed by atoms with Crippen molar-refractivity contribution in [3.63, 3.8) is 0 Å². The standard InChI is InChI=1S/C30H40N6O9Si.C30H44N6O5Si.C16H25ClN2O5Si.C14H16N4O4.C8H9N3OS.ClH/c1-18-14-20-25(23(36(41)42)17-21(29(32)38)27(20)45-18)33-10-7-8-11-34-26-22(35(39)40)15-19(28(31)37)16-24(26)43-12-9-13-44-46(5,6)30(2,3)4;1-18-14-20-25(23(32)17-21(29(34)38)27(20)41-18)35-10-7-8-11-36-26-22(31)15-19(28(33)37)16-24(26)39-12-9-13-40-42(5,6)30(2,3)4;1-16(2,3)25(4,5)24-8-6-7-23-13-10-11(15(18)20)9-12(14(13)17)19(21)22;1-8-6-9-12(17-5-3-2-4-15)11(18(20)21)7-10(14(16)19)13(9)22-8;1-3-11-7(4-6(2)10-11)8(12)13-5-9;/h7-8,14-17,33-34H,9-13H2,1-6H3,(H2,31,37)(H2,32,38);7-8,14-17,35-36H,9-13,31-32H2,1-6H3,(H2,33,37)(H2,34,38);9-10H,6-8H2,1-5H3,(H2,18,20);2-3,6-7,17H,4-5,15H2,1H3,(H2,16,19);4H,3H2,1-2H3;1H/b2*8-7+;;3-2+;;. The zero-order valence-corrected chi connectivity index (χ0v) is 92.5. The number of nitrogen functional groups attached to an aromatic ring is 2. The molecule has 0 unspecified atom stereocenters. The van der Waals surface area contributed by atoms with Gasteiger partial charge in [0.25, 0.3) is 45.6 Å². The van der Waals surface area contributed by atoms with E-state index in [0.717, 1.165) is 30.0 Å². The Morgan fingerprint density at radius 1 is 0.443 bits per heavy atom. The number of thioether (sulfide) groups is 1. The van der Waals surface area contributed by atoms with Crippen molar-refractivity contribution in [2.45, 2.75) is 177 Å². The topological polar surface area (TPSA) is 723 Å². The van der Waals surface area contributed by atoms with Gasteiger partial charge in [0.15, 0.2) is 35.7 Å². The smallest absolute Gasteiger partial charge is 0.296 e. The molecule has 4 heterocycles. The average molecular weight is 2180 g/mol. The molecule has 0 saturated heterocycles. The summed E-state index contributed by atoms with van der Waals surface area (Å²) in [5.41, 5.74) is 53.5. The highest BCUT2D eigenvalue weighted by molar-refractivity contribution is 8.18. The number of ether oxygens (including phenoxy) is 3. The van der Waals surface area contributed by atoms with Crippen molar-refractivity contribution < 1.29 is 94.0 Å². The summed E-state index contributed by atoms with van der Waals surface area (Å²) in [6.45, 7) is 46.2. The number of nitro benzene ring substituents is 4. The summed E-state index contributed by atoms with van der Waals surface area (Å²) in [7, 11) is -5.63. The van der Waals surface area contributed by atoms with E-state index in [1.807, 2.05) is 32.1 Å². The highest BCUT2D eigenvalue weighted by Gasteiger charge is 2.40. The summed E-state index contributed by atoms with van der Waals surface area (Å²) in [5.74, 6) is -2.26.